The molecule has 2 amide bonds. The highest BCUT2D eigenvalue weighted by atomic mass is 35.5. The van der Waals surface area contributed by atoms with Gasteiger partial charge in [0.25, 0.3) is 0 Å². The molecule has 0 aliphatic carbocycles. The molecule has 0 bridgehead atoms. The first kappa shape index (κ1) is 16.6. The van der Waals surface area contributed by atoms with Crippen molar-refractivity contribution >= 4 is 46.1 Å². The average Bonchev–Trinajstić information content (AvgIpc) is 3.27. The van der Waals surface area contributed by atoms with Crippen LogP contribution in [0.3, 0.4) is 0 Å². The molecule has 0 fully saturated rings. The number of nitrogens with zero attached hydrogens (tertiary/aromatic N) is 2. The monoisotopic (exact) mass is 382 g/mol. The maximum atomic E-state index is 12.6. The summed E-state index contributed by atoms with van der Waals surface area (Å²) in [6.45, 7) is 1.86. The number of halogens is 1. The molecule has 0 atom stereocenters. The molecule has 0 unspecified atom stereocenters. The highest BCUT2D eigenvalue weighted by Crippen LogP contribution is 2.30. The number of benzene rings is 1. The van der Waals surface area contributed by atoms with Crippen LogP contribution in [-0.4, -0.2) is 15.4 Å². The Bertz CT molecular complexity index is 1090. The summed E-state index contributed by atoms with van der Waals surface area (Å²) < 4.78 is 1.86. The van der Waals surface area contributed by atoms with Gasteiger partial charge in [0.2, 0.25) is 0 Å². The van der Waals surface area contributed by atoms with Crippen molar-refractivity contribution in [1.82, 2.24) is 9.38 Å². The highest BCUT2D eigenvalue weighted by Gasteiger charge is 2.17. The van der Waals surface area contributed by atoms with Crippen LogP contribution in [0, 0.1) is 6.92 Å². The van der Waals surface area contributed by atoms with E-state index in [4.69, 9.17) is 11.6 Å². The van der Waals surface area contributed by atoms with Gasteiger partial charge in [-0.1, -0.05) is 23.7 Å². The number of hydrogen-bond donors (Lipinski definition) is 2. The molecule has 0 aliphatic rings. The van der Waals surface area contributed by atoms with Crippen LogP contribution in [0.1, 0.15) is 5.56 Å². The minimum absolute atomic E-state index is 0.350. The van der Waals surface area contributed by atoms with E-state index < -0.39 is 0 Å². The maximum Gasteiger partial charge on any atom is 0.324 e. The Morgan fingerprint density at radius 2 is 2.04 bits per heavy atom. The van der Waals surface area contributed by atoms with E-state index in [1.54, 1.807) is 23.5 Å². The fourth-order valence-corrected chi connectivity index (χ4v) is 3.53. The zero-order valence-electron chi connectivity index (χ0n) is 13.9. The van der Waals surface area contributed by atoms with Gasteiger partial charge in [-0.15, -0.1) is 0 Å². The number of pyridine rings is 1. The highest BCUT2D eigenvalue weighted by molar-refractivity contribution is 7.08. The van der Waals surface area contributed by atoms with Gasteiger partial charge >= 0.3 is 6.03 Å². The van der Waals surface area contributed by atoms with Crippen molar-refractivity contribution in [1.29, 1.82) is 0 Å². The van der Waals surface area contributed by atoms with E-state index in [2.05, 4.69) is 15.6 Å². The van der Waals surface area contributed by atoms with Crippen molar-refractivity contribution in [2.75, 3.05) is 10.6 Å². The van der Waals surface area contributed by atoms with E-state index in [-0.39, 0.29) is 6.03 Å². The van der Waals surface area contributed by atoms with E-state index in [0.29, 0.717) is 16.5 Å². The van der Waals surface area contributed by atoms with Crippen molar-refractivity contribution in [2.45, 2.75) is 6.92 Å². The van der Waals surface area contributed by atoms with Gasteiger partial charge in [0, 0.05) is 27.9 Å². The number of fused-ring (bicyclic) bond motifs is 1. The quantitative estimate of drug-likeness (QED) is 0.479. The minimum atomic E-state index is -0.350. The molecule has 4 rings (SSSR count). The number of anilines is 2. The summed E-state index contributed by atoms with van der Waals surface area (Å²) in [4.78, 5) is 17.3. The molecule has 5 nitrogen and oxygen atoms in total. The number of amides is 2. The molecule has 0 radical (unpaired) electrons. The topological polar surface area (TPSA) is 58.4 Å². The molecule has 1 aromatic carbocycles. The van der Waals surface area contributed by atoms with Gasteiger partial charge < -0.3 is 5.32 Å². The molecule has 4 aromatic rings. The third-order valence-electron chi connectivity index (χ3n) is 4.07. The van der Waals surface area contributed by atoms with E-state index in [0.717, 1.165) is 22.5 Å². The molecular weight excluding hydrogens is 368 g/mol. The Hall–Kier alpha value is -2.83. The molecule has 130 valence electrons. The van der Waals surface area contributed by atoms with Gasteiger partial charge in [0.15, 0.2) is 0 Å². The fourth-order valence-electron chi connectivity index (χ4n) is 2.72. The second-order valence-electron chi connectivity index (χ2n) is 5.74. The number of carbonyl (C=O) groups excluding carboxylic acids is 1. The van der Waals surface area contributed by atoms with E-state index >= 15 is 0 Å². The van der Waals surface area contributed by atoms with E-state index in [1.165, 1.54) is 0 Å². The summed E-state index contributed by atoms with van der Waals surface area (Å²) in [5, 5.41) is 10.4. The van der Waals surface area contributed by atoms with Gasteiger partial charge in [0.05, 0.1) is 0 Å². The van der Waals surface area contributed by atoms with Crippen LogP contribution in [0.2, 0.25) is 5.02 Å². The van der Waals surface area contributed by atoms with Gasteiger partial charge in [0.1, 0.15) is 17.2 Å². The molecule has 0 spiro atoms. The van der Waals surface area contributed by atoms with E-state index in [9.17, 15) is 4.79 Å². The summed E-state index contributed by atoms with van der Waals surface area (Å²) in [6, 6.07) is 12.8. The zero-order chi connectivity index (χ0) is 18.1. The first-order valence-corrected chi connectivity index (χ1v) is 9.28. The predicted octanol–water partition coefficient (Wildman–Crippen LogP) is 5.67. The molecule has 0 saturated carbocycles. The summed E-state index contributed by atoms with van der Waals surface area (Å²) in [5.41, 5.74) is 3.95. The standard InChI is InChI=1S/C19H15ClN4OS/c1-12-14(20)5-4-6-15(12)21-19(25)23-18-17(13-8-10-26-11-13)22-16-7-2-3-9-24(16)18/h2-11H,1H3,(H2,21,23,25). The molecule has 0 aliphatic heterocycles. The Morgan fingerprint density at radius 3 is 2.85 bits per heavy atom. The Balaban J connectivity index is 1.69. The lowest BCUT2D eigenvalue weighted by atomic mass is 10.2. The molecule has 26 heavy (non-hydrogen) atoms. The number of imidazole rings is 1. The number of aromatic nitrogens is 2. The third-order valence-corrected chi connectivity index (χ3v) is 5.17. The fraction of sp³-hybridized carbons (Fsp3) is 0.0526. The van der Waals surface area contributed by atoms with Gasteiger partial charge in [-0.25, -0.2) is 9.78 Å². The molecule has 0 saturated heterocycles. The second-order valence-corrected chi connectivity index (χ2v) is 6.93. The third kappa shape index (κ3) is 3.05. The molecular formula is C19H15ClN4OS. The van der Waals surface area contributed by atoms with Gasteiger partial charge in [-0.3, -0.25) is 9.72 Å². The lowest BCUT2D eigenvalue weighted by Gasteiger charge is -2.11. The lowest BCUT2D eigenvalue weighted by Crippen LogP contribution is -2.21. The van der Waals surface area contributed by atoms with Crippen molar-refractivity contribution in [3.63, 3.8) is 0 Å². The Labute approximate surface area is 159 Å². The molecule has 2 N–H and O–H groups in total. The molecule has 7 heteroatoms. The summed E-state index contributed by atoms with van der Waals surface area (Å²) in [7, 11) is 0. The van der Waals surface area contributed by atoms with E-state index in [1.807, 2.05) is 58.6 Å². The maximum absolute atomic E-state index is 12.6. The predicted molar refractivity (Wildman–Crippen MR) is 107 cm³/mol. The average molecular weight is 383 g/mol. The Morgan fingerprint density at radius 1 is 1.15 bits per heavy atom. The number of thiophene rings is 1. The number of rotatable bonds is 3. The zero-order valence-corrected chi connectivity index (χ0v) is 15.4. The van der Waals surface area contributed by atoms with Gasteiger partial charge in [-0.2, -0.15) is 11.3 Å². The van der Waals surface area contributed by atoms with Crippen LogP contribution in [0.4, 0.5) is 16.3 Å². The summed E-state index contributed by atoms with van der Waals surface area (Å²) in [6.07, 6.45) is 1.87. The largest absolute Gasteiger partial charge is 0.324 e. The Kier molecular flexibility index (Phi) is 4.36. The number of urea groups is 1. The van der Waals surface area contributed by atoms with Crippen molar-refractivity contribution in [3.8, 4) is 11.3 Å². The van der Waals surface area contributed by atoms with Crippen LogP contribution in [0.5, 0.6) is 0 Å². The SMILES string of the molecule is Cc1c(Cl)cccc1NC(=O)Nc1c(-c2ccsc2)nc2ccccn12. The van der Waals surface area contributed by atoms with Crippen LogP contribution in [0.25, 0.3) is 16.9 Å². The van der Waals surface area contributed by atoms with Crippen LogP contribution in [-0.2, 0) is 0 Å². The molecule has 3 aromatic heterocycles. The van der Waals surface area contributed by atoms with Crippen molar-refractivity contribution in [2.24, 2.45) is 0 Å². The normalized spacial score (nSPS) is 10.8. The minimum Gasteiger partial charge on any atom is -0.307 e. The number of carbonyl (C=O) groups is 1. The summed E-state index contributed by atoms with van der Waals surface area (Å²) in [5.74, 6) is 0.621. The van der Waals surface area contributed by atoms with Crippen LogP contribution >= 0.6 is 22.9 Å². The first-order chi connectivity index (χ1) is 12.6. The molecule has 3 heterocycles. The van der Waals surface area contributed by atoms with Crippen LogP contribution in [0.15, 0.2) is 59.4 Å². The number of hydrogen-bond acceptors (Lipinski definition) is 3. The number of nitrogens with one attached hydrogen (secondary N) is 2. The smallest absolute Gasteiger partial charge is 0.307 e. The lowest BCUT2D eigenvalue weighted by molar-refractivity contribution is 0.262. The first-order valence-electron chi connectivity index (χ1n) is 7.96. The van der Waals surface area contributed by atoms with Gasteiger partial charge in [-0.05, 0) is 48.2 Å². The van der Waals surface area contributed by atoms with Crippen LogP contribution < -0.4 is 10.6 Å². The second kappa shape index (κ2) is 6.82. The van der Waals surface area contributed by atoms with Crippen molar-refractivity contribution < 1.29 is 4.79 Å². The summed E-state index contributed by atoms with van der Waals surface area (Å²) >= 11 is 7.71. The van der Waals surface area contributed by atoms with Crippen molar-refractivity contribution in [3.05, 3.63) is 70.0 Å².